The molecule has 0 aromatic heterocycles. The Labute approximate surface area is 148 Å². The van der Waals surface area contributed by atoms with Crippen molar-refractivity contribution in [3.05, 3.63) is 12.7 Å². The monoisotopic (exact) mass is 352 g/mol. The predicted molar refractivity (Wildman–Crippen MR) is 92.8 cm³/mol. The van der Waals surface area contributed by atoms with Gasteiger partial charge in [0.1, 0.15) is 0 Å². The van der Waals surface area contributed by atoms with Gasteiger partial charge in [-0.15, -0.1) is 0 Å². The SMILES string of the molecule is C=CC(=O)OCCCOC(=O)NCC1(C)CC(N=C=O)CC(C)(C)C1. The molecule has 1 aliphatic rings. The van der Waals surface area contributed by atoms with Gasteiger partial charge >= 0.3 is 12.1 Å². The van der Waals surface area contributed by atoms with E-state index in [1.807, 2.05) is 0 Å². The number of isocyanates is 1. The van der Waals surface area contributed by atoms with Gasteiger partial charge < -0.3 is 14.8 Å². The highest BCUT2D eigenvalue weighted by Gasteiger charge is 2.41. The van der Waals surface area contributed by atoms with Crippen molar-refractivity contribution in [3.8, 4) is 0 Å². The van der Waals surface area contributed by atoms with Gasteiger partial charge in [-0.05, 0) is 30.1 Å². The number of amides is 1. The lowest BCUT2D eigenvalue weighted by molar-refractivity contribution is -0.137. The van der Waals surface area contributed by atoms with Crippen molar-refractivity contribution in [1.82, 2.24) is 5.32 Å². The van der Waals surface area contributed by atoms with E-state index in [-0.39, 0.29) is 30.1 Å². The molecule has 0 aliphatic heterocycles. The van der Waals surface area contributed by atoms with E-state index in [1.165, 1.54) is 0 Å². The first-order chi connectivity index (χ1) is 11.7. The molecule has 7 nitrogen and oxygen atoms in total. The highest BCUT2D eigenvalue weighted by molar-refractivity contribution is 5.81. The molecule has 25 heavy (non-hydrogen) atoms. The molecule has 0 aromatic carbocycles. The van der Waals surface area contributed by atoms with Crippen molar-refractivity contribution in [2.75, 3.05) is 19.8 Å². The van der Waals surface area contributed by atoms with E-state index < -0.39 is 12.1 Å². The Kier molecular flexibility index (Phi) is 7.84. The molecular formula is C18H28N2O5. The van der Waals surface area contributed by atoms with Gasteiger partial charge in [0.2, 0.25) is 6.08 Å². The van der Waals surface area contributed by atoms with Crippen molar-refractivity contribution in [2.45, 2.75) is 52.5 Å². The number of carbonyl (C=O) groups excluding carboxylic acids is 3. The zero-order chi connectivity index (χ0) is 18.9. The fraction of sp³-hybridized carbons (Fsp3) is 0.722. The standard InChI is InChI=1S/C18H28N2O5/c1-5-15(22)24-7-6-8-25-16(23)19-12-18(4)10-14(20-13-21)9-17(2,3)11-18/h5,14H,1,6-12H2,2-4H3,(H,19,23). The number of carbonyl (C=O) groups is 2. The molecule has 1 saturated carbocycles. The van der Waals surface area contributed by atoms with Crippen LogP contribution >= 0.6 is 0 Å². The van der Waals surface area contributed by atoms with Gasteiger partial charge in [0.25, 0.3) is 0 Å². The van der Waals surface area contributed by atoms with Crippen LogP contribution in [0.5, 0.6) is 0 Å². The molecule has 1 aliphatic carbocycles. The van der Waals surface area contributed by atoms with Crippen molar-refractivity contribution in [2.24, 2.45) is 15.8 Å². The topological polar surface area (TPSA) is 94.1 Å². The molecule has 7 heteroatoms. The highest BCUT2D eigenvalue weighted by atomic mass is 16.6. The zero-order valence-electron chi connectivity index (χ0n) is 15.3. The van der Waals surface area contributed by atoms with E-state index in [1.54, 1.807) is 6.08 Å². The molecule has 1 amide bonds. The van der Waals surface area contributed by atoms with Crippen molar-refractivity contribution < 1.29 is 23.9 Å². The van der Waals surface area contributed by atoms with Crippen molar-refractivity contribution >= 4 is 18.1 Å². The number of ether oxygens (including phenoxy) is 2. The molecule has 1 fully saturated rings. The predicted octanol–water partition coefficient (Wildman–Crippen LogP) is 2.75. The molecule has 2 unspecified atom stereocenters. The smallest absolute Gasteiger partial charge is 0.407 e. The van der Waals surface area contributed by atoms with E-state index in [0.29, 0.717) is 13.0 Å². The Bertz CT molecular complexity index is 540. The Hall–Kier alpha value is -2.14. The summed E-state index contributed by atoms with van der Waals surface area (Å²) in [5.74, 6) is -0.496. The van der Waals surface area contributed by atoms with Gasteiger partial charge in [-0.25, -0.2) is 19.4 Å². The van der Waals surface area contributed by atoms with Crippen LogP contribution in [0.3, 0.4) is 0 Å². The molecular weight excluding hydrogens is 324 g/mol. The van der Waals surface area contributed by atoms with Crippen molar-refractivity contribution in [1.29, 1.82) is 0 Å². The minimum atomic E-state index is -0.505. The molecule has 1 N–H and O–H groups in total. The zero-order valence-corrected chi connectivity index (χ0v) is 15.3. The van der Waals surface area contributed by atoms with Gasteiger partial charge in [-0.2, -0.15) is 0 Å². The molecule has 1 rings (SSSR count). The minimum absolute atomic E-state index is 0.0403. The lowest BCUT2D eigenvalue weighted by Crippen LogP contribution is -2.44. The number of hydrogen-bond donors (Lipinski definition) is 1. The summed E-state index contributed by atoms with van der Waals surface area (Å²) in [6.45, 7) is 10.4. The average molecular weight is 352 g/mol. The van der Waals surface area contributed by atoms with E-state index in [2.05, 4.69) is 37.7 Å². The molecule has 2 atom stereocenters. The quantitative estimate of drug-likeness (QED) is 0.238. The van der Waals surface area contributed by atoms with Crippen LogP contribution in [-0.2, 0) is 19.1 Å². The second kappa shape index (κ2) is 9.37. The third-order valence-corrected chi connectivity index (χ3v) is 4.25. The lowest BCUT2D eigenvalue weighted by Gasteiger charge is -2.45. The number of rotatable bonds is 8. The third kappa shape index (κ3) is 7.98. The van der Waals surface area contributed by atoms with E-state index in [0.717, 1.165) is 25.3 Å². The summed E-state index contributed by atoms with van der Waals surface area (Å²) in [5.41, 5.74) is -0.121. The highest BCUT2D eigenvalue weighted by Crippen LogP contribution is 2.46. The van der Waals surface area contributed by atoms with Gasteiger partial charge in [-0.1, -0.05) is 27.4 Å². The van der Waals surface area contributed by atoms with Crippen molar-refractivity contribution in [3.63, 3.8) is 0 Å². The van der Waals surface area contributed by atoms with Crippen LogP contribution in [0, 0.1) is 10.8 Å². The summed E-state index contributed by atoms with van der Waals surface area (Å²) in [4.78, 5) is 37.1. The van der Waals surface area contributed by atoms with Crippen LogP contribution in [0.4, 0.5) is 4.79 Å². The van der Waals surface area contributed by atoms with Gasteiger partial charge in [0.15, 0.2) is 0 Å². The fourth-order valence-corrected chi connectivity index (χ4v) is 3.67. The van der Waals surface area contributed by atoms with Crippen LogP contribution in [0.15, 0.2) is 17.6 Å². The largest absolute Gasteiger partial charge is 0.462 e. The molecule has 0 saturated heterocycles. The molecule has 0 spiro atoms. The number of alkyl carbamates (subject to hydrolysis) is 1. The first kappa shape index (κ1) is 20.9. The Morgan fingerprint density at radius 3 is 2.60 bits per heavy atom. The first-order valence-corrected chi connectivity index (χ1v) is 8.46. The van der Waals surface area contributed by atoms with Crippen LogP contribution in [-0.4, -0.2) is 43.9 Å². The average Bonchev–Trinajstić information content (AvgIpc) is 2.51. The third-order valence-electron chi connectivity index (χ3n) is 4.25. The summed E-state index contributed by atoms with van der Waals surface area (Å²) in [5, 5.41) is 2.78. The van der Waals surface area contributed by atoms with Crippen LogP contribution in [0.2, 0.25) is 0 Å². The lowest BCUT2D eigenvalue weighted by atomic mass is 9.63. The van der Waals surface area contributed by atoms with E-state index >= 15 is 0 Å². The molecule has 0 heterocycles. The Morgan fingerprint density at radius 1 is 1.28 bits per heavy atom. The van der Waals surface area contributed by atoms with E-state index in [4.69, 9.17) is 9.47 Å². The first-order valence-electron chi connectivity index (χ1n) is 8.46. The number of nitrogens with one attached hydrogen (secondary N) is 1. The number of hydrogen-bond acceptors (Lipinski definition) is 6. The maximum Gasteiger partial charge on any atom is 0.407 e. The molecule has 0 radical (unpaired) electrons. The second-order valence-corrected chi connectivity index (χ2v) is 7.65. The van der Waals surface area contributed by atoms with E-state index in [9.17, 15) is 14.4 Å². The minimum Gasteiger partial charge on any atom is -0.462 e. The van der Waals surface area contributed by atoms with Crippen LogP contribution in [0.25, 0.3) is 0 Å². The molecule has 140 valence electrons. The fourth-order valence-electron chi connectivity index (χ4n) is 3.67. The number of nitrogens with zero attached hydrogens (tertiary/aromatic N) is 1. The summed E-state index contributed by atoms with van der Waals surface area (Å²) in [7, 11) is 0. The maximum atomic E-state index is 11.8. The Morgan fingerprint density at radius 2 is 1.96 bits per heavy atom. The van der Waals surface area contributed by atoms with Crippen LogP contribution in [0.1, 0.15) is 46.5 Å². The molecule has 0 bridgehead atoms. The summed E-state index contributed by atoms with van der Waals surface area (Å²) >= 11 is 0. The molecule has 0 aromatic rings. The van der Waals surface area contributed by atoms with Gasteiger partial charge in [0.05, 0.1) is 19.3 Å². The number of aliphatic imine (C=N–C) groups is 1. The van der Waals surface area contributed by atoms with Gasteiger partial charge in [-0.3, -0.25) is 0 Å². The van der Waals surface area contributed by atoms with Gasteiger partial charge in [0, 0.05) is 19.0 Å². The second-order valence-electron chi connectivity index (χ2n) is 7.65. The van der Waals surface area contributed by atoms with Crippen LogP contribution < -0.4 is 5.32 Å². The summed E-state index contributed by atoms with van der Waals surface area (Å²) in [6.07, 6.45) is 5.14. The summed E-state index contributed by atoms with van der Waals surface area (Å²) < 4.78 is 9.86. The Balaban J connectivity index is 2.37. The maximum absolute atomic E-state index is 11.8. The normalized spacial score (nSPS) is 24.5. The number of esters is 1. The summed E-state index contributed by atoms with van der Waals surface area (Å²) in [6, 6.07) is -0.0661.